The number of nitriles is 1. The molecule has 0 aliphatic carbocycles. The Kier molecular flexibility index (Phi) is 6.78. The number of aliphatic imine (C=N–C) groups is 1. The minimum Gasteiger partial charge on any atom is -0.444 e. The summed E-state index contributed by atoms with van der Waals surface area (Å²) in [6.45, 7) is 5.63. The highest BCUT2D eigenvalue weighted by atomic mass is 32.2. The predicted octanol–water partition coefficient (Wildman–Crippen LogP) is 4.16. The summed E-state index contributed by atoms with van der Waals surface area (Å²) in [5.41, 5.74) is -1.09. The van der Waals surface area contributed by atoms with Gasteiger partial charge in [-0.15, -0.1) is 0 Å². The molecule has 1 aromatic carbocycles. The number of nitrogens with zero attached hydrogens (tertiary/aromatic N) is 3. The van der Waals surface area contributed by atoms with Crippen LogP contribution in [0.25, 0.3) is 0 Å². The van der Waals surface area contributed by atoms with Gasteiger partial charge in [-0.3, -0.25) is 10.1 Å². The number of amides is 2. The van der Waals surface area contributed by atoms with Crippen LogP contribution >= 0.6 is 11.8 Å². The number of carbonyl (C=O) groups excluding carboxylic acids is 2. The van der Waals surface area contributed by atoms with E-state index in [4.69, 9.17) is 14.7 Å². The molecule has 2 aliphatic rings. The molecule has 4 rings (SSSR count). The molecule has 2 N–H and O–H groups in total. The number of fused-ring (bicyclic) bond motifs is 1. The number of rotatable bonds is 3. The Hall–Kier alpha value is -3.49. The van der Waals surface area contributed by atoms with Crippen LogP contribution in [0, 0.1) is 23.1 Å². The first-order chi connectivity index (χ1) is 16.6. The van der Waals surface area contributed by atoms with Crippen molar-refractivity contribution in [3.63, 3.8) is 0 Å². The zero-order valence-electron chi connectivity index (χ0n) is 19.4. The molecule has 0 unspecified atom stereocenters. The largest absolute Gasteiger partial charge is 0.444 e. The van der Waals surface area contributed by atoms with Gasteiger partial charge in [-0.25, -0.2) is 19.2 Å². The minimum atomic E-state index is -1.34. The standard InChI is InChI=1S/C24H24FN5O4S/c1-23(2,3)34-22(32)29-21-30-24(15(13-35-21)8-9-33-24)17-10-16(5-6-18(17)25)28-20(31)19-7-4-14(11-26)12-27-19/h4-7,10,12,15H,8-9,13H2,1-3H3,(H,28,31)(H,29,30,32)/t15-,24+/m1/s1. The monoisotopic (exact) mass is 497 g/mol. The number of amidine groups is 1. The van der Waals surface area contributed by atoms with E-state index in [0.717, 1.165) is 0 Å². The Morgan fingerprint density at radius 2 is 2.09 bits per heavy atom. The average molecular weight is 498 g/mol. The Balaban J connectivity index is 1.61. The molecule has 9 nitrogen and oxygen atoms in total. The normalized spacial score (nSPS) is 21.3. The summed E-state index contributed by atoms with van der Waals surface area (Å²) in [6, 6.07) is 9.02. The molecule has 11 heteroatoms. The van der Waals surface area contributed by atoms with Gasteiger partial charge >= 0.3 is 6.09 Å². The van der Waals surface area contributed by atoms with Crippen molar-refractivity contribution in [2.45, 2.75) is 38.5 Å². The highest BCUT2D eigenvalue weighted by Crippen LogP contribution is 2.48. The highest BCUT2D eigenvalue weighted by molar-refractivity contribution is 8.13. The van der Waals surface area contributed by atoms with Crippen molar-refractivity contribution in [3.05, 3.63) is 59.2 Å². The third-order valence-electron chi connectivity index (χ3n) is 5.37. The number of benzene rings is 1. The van der Waals surface area contributed by atoms with Gasteiger partial charge in [0.05, 0.1) is 12.2 Å². The van der Waals surface area contributed by atoms with Gasteiger partial charge in [-0.05, 0) is 57.5 Å². The lowest BCUT2D eigenvalue weighted by Gasteiger charge is -2.35. The molecular formula is C24H24FN5O4S. The summed E-state index contributed by atoms with van der Waals surface area (Å²) < 4.78 is 26.4. The number of thioether (sulfide) groups is 1. The van der Waals surface area contributed by atoms with E-state index in [-0.39, 0.29) is 22.3 Å². The van der Waals surface area contributed by atoms with Gasteiger partial charge in [-0.1, -0.05) is 11.8 Å². The third kappa shape index (κ3) is 5.44. The summed E-state index contributed by atoms with van der Waals surface area (Å²) in [6.07, 6.45) is 1.31. The molecule has 2 amide bonds. The molecule has 2 atom stereocenters. The number of anilines is 1. The molecule has 0 saturated carbocycles. The van der Waals surface area contributed by atoms with Gasteiger partial charge in [0.15, 0.2) is 10.9 Å². The number of pyridine rings is 1. The van der Waals surface area contributed by atoms with Crippen molar-refractivity contribution in [1.29, 1.82) is 5.26 Å². The lowest BCUT2D eigenvalue weighted by atomic mass is 9.89. The highest BCUT2D eigenvalue weighted by Gasteiger charge is 2.50. The van der Waals surface area contributed by atoms with Crippen LogP contribution in [0.2, 0.25) is 0 Å². The second-order valence-corrected chi connectivity index (χ2v) is 10.1. The van der Waals surface area contributed by atoms with E-state index in [1.54, 1.807) is 20.8 Å². The van der Waals surface area contributed by atoms with E-state index in [1.165, 1.54) is 48.3 Å². The number of alkyl carbamates (subject to hydrolysis) is 1. The first kappa shape index (κ1) is 24.6. The number of nitrogens with one attached hydrogen (secondary N) is 2. The molecule has 1 aromatic heterocycles. The Morgan fingerprint density at radius 3 is 2.77 bits per heavy atom. The molecule has 182 valence electrons. The first-order valence-corrected chi connectivity index (χ1v) is 11.9. The Bertz CT molecular complexity index is 1220. The van der Waals surface area contributed by atoms with Gasteiger partial charge in [0, 0.05) is 29.1 Å². The maximum Gasteiger partial charge on any atom is 0.413 e. The molecule has 1 fully saturated rings. The average Bonchev–Trinajstić information content (AvgIpc) is 3.23. The molecule has 35 heavy (non-hydrogen) atoms. The smallest absolute Gasteiger partial charge is 0.413 e. The number of carbonyl (C=O) groups is 2. The molecule has 2 aromatic rings. The molecule has 0 radical (unpaired) electrons. The van der Waals surface area contributed by atoms with E-state index in [2.05, 4.69) is 20.6 Å². The molecule has 1 saturated heterocycles. The second-order valence-electron chi connectivity index (χ2n) is 9.08. The van der Waals surface area contributed by atoms with Crippen molar-refractivity contribution < 1.29 is 23.5 Å². The summed E-state index contributed by atoms with van der Waals surface area (Å²) in [7, 11) is 0. The first-order valence-electron chi connectivity index (χ1n) is 10.9. The van der Waals surface area contributed by atoms with Gasteiger partial charge < -0.3 is 14.8 Å². The second kappa shape index (κ2) is 9.64. The van der Waals surface area contributed by atoms with Crippen LogP contribution in [0.15, 0.2) is 41.5 Å². The topological polar surface area (TPSA) is 126 Å². The Morgan fingerprint density at radius 1 is 1.29 bits per heavy atom. The van der Waals surface area contributed by atoms with Crippen molar-refractivity contribution in [2.75, 3.05) is 17.7 Å². The van der Waals surface area contributed by atoms with Crippen LogP contribution in [-0.4, -0.2) is 40.1 Å². The third-order valence-corrected chi connectivity index (χ3v) is 6.41. The van der Waals surface area contributed by atoms with Crippen molar-refractivity contribution in [1.82, 2.24) is 10.3 Å². The maximum atomic E-state index is 15.1. The molecule has 0 spiro atoms. The fourth-order valence-corrected chi connectivity index (χ4v) is 4.94. The van der Waals surface area contributed by atoms with Crippen LogP contribution in [0.4, 0.5) is 14.9 Å². The van der Waals surface area contributed by atoms with E-state index < -0.39 is 29.1 Å². The van der Waals surface area contributed by atoms with Crippen LogP contribution in [0.3, 0.4) is 0 Å². The summed E-state index contributed by atoms with van der Waals surface area (Å²) in [5.74, 6) is -0.626. The quantitative estimate of drug-likeness (QED) is 0.652. The van der Waals surface area contributed by atoms with Crippen molar-refractivity contribution >= 4 is 34.6 Å². The fraction of sp³-hybridized carbons (Fsp3) is 0.375. The molecule has 2 aliphatic heterocycles. The van der Waals surface area contributed by atoms with Crippen LogP contribution in [0.1, 0.15) is 48.8 Å². The fourth-order valence-electron chi connectivity index (χ4n) is 3.83. The van der Waals surface area contributed by atoms with Crippen molar-refractivity contribution in [3.8, 4) is 6.07 Å². The van der Waals surface area contributed by atoms with E-state index in [1.807, 2.05) is 6.07 Å². The van der Waals surface area contributed by atoms with Crippen LogP contribution < -0.4 is 10.6 Å². The van der Waals surface area contributed by atoms with Crippen LogP contribution in [0.5, 0.6) is 0 Å². The summed E-state index contributed by atoms with van der Waals surface area (Å²) in [4.78, 5) is 33.5. The summed E-state index contributed by atoms with van der Waals surface area (Å²) >= 11 is 1.34. The number of hydrogen-bond acceptors (Lipinski definition) is 8. The SMILES string of the molecule is CC(C)(C)OC(=O)NC1=N[C@]2(c3cc(NC(=O)c4ccc(C#N)cn4)ccc3F)OCC[C@@H]2CS1. The minimum absolute atomic E-state index is 0.110. The lowest BCUT2D eigenvalue weighted by molar-refractivity contribution is -0.0173. The van der Waals surface area contributed by atoms with E-state index in [0.29, 0.717) is 30.0 Å². The van der Waals surface area contributed by atoms with Gasteiger partial charge in [-0.2, -0.15) is 5.26 Å². The molecular weight excluding hydrogens is 473 g/mol. The maximum absolute atomic E-state index is 15.1. The lowest BCUT2D eigenvalue weighted by Crippen LogP contribution is -2.42. The molecule has 0 bridgehead atoms. The Labute approximate surface area is 206 Å². The van der Waals surface area contributed by atoms with E-state index in [9.17, 15) is 9.59 Å². The van der Waals surface area contributed by atoms with E-state index >= 15 is 4.39 Å². The van der Waals surface area contributed by atoms with Gasteiger partial charge in [0.2, 0.25) is 0 Å². The van der Waals surface area contributed by atoms with Gasteiger partial charge in [0.25, 0.3) is 5.91 Å². The zero-order chi connectivity index (χ0) is 25.2. The number of halogens is 1. The summed E-state index contributed by atoms with van der Waals surface area (Å²) in [5, 5.41) is 14.5. The number of aromatic nitrogens is 1. The number of ether oxygens (including phenoxy) is 2. The predicted molar refractivity (Wildman–Crippen MR) is 128 cm³/mol. The van der Waals surface area contributed by atoms with Crippen molar-refractivity contribution in [2.24, 2.45) is 10.9 Å². The molecule has 3 heterocycles. The van der Waals surface area contributed by atoms with Crippen LogP contribution in [-0.2, 0) is 15.2 Å². The number of hydrogen-bond donors (Lipinski definition) is 2. The van der Waals surface area contributed by atoms with Gasteiger partial charge in [0.1, 0.15) is 23.2 Å². The zero-order valence-corrected chi connectivity index (χ0v) is 20.2.